The maximum absolute atomic E-state index is 6.02. The number of nitrogens with zero attached hydrogens (tertiary/aromatic N) is 3. The van der Waals surface area contributed by atoms with Crippen molar-refractivity contribution in [2.24, 2.45) is 0 Å². The molecule has 1 aromatic rings. The molecule has 0 aromatic carbocycles. The molecule has 0 bridgehead atoms. The van der Waals surface area contributed by atoms with Gasteiger partial charge in [-0.25, -0.2) is 0 Å². The first-order valence-corrected chi connectivity index (χ1v) is 8.82. The number of hydrogen-bond donors (Lipinski definition) is 1. The molecule has 0 fully saturated rings. The van der Waals surface area contributed by atoms with Crippen LogP contribution in [0.2, 0.25) is 0 Å². The lowest BCUT2D eigenvalue weighted by atomic mass is 10.2. The number of ether oxygens (including phenoxy) is 2. The Hall–Kier alpha value is -2.11. The fourth-order valence-electron chi connectivity index (χ4n) is 2.84. The molecule has 1 aliphatic heterocycles. The molecule has 6 heteroatoms. The van der Waals surface area contributed by atoms with Gasteiger partial charge in [0.25, 0.3) is 0 Å². The van der Waals surface area contributed by atoms with Crippen molar-refractivity contribution in [3.05, 3.63) is 24.1 Å². The first kappa shape index (κ1) is 18.2. The normalized spacial score (nSPS) is 13.7. The highest BCUT2D eigenvalue weighted by molar-refractivity contribution is 5.61. The van der Waals surface area contributed by atoms with Crippen molar-refractivity contribution in [2.45, 2.75) is 33.6 Å². The molecule has 134 valence electrons. The van der Waals surface area contributed by atoms with Gasteiger partial charge in [0.05, 0.1) is 19.4 Å². The number of aromatic nitrogens is 1. The lowest BCUT2D eigenvalue weighted by Gasteiger charge is -2.27. The Labute approximate surface area is 145 Å². The fourth-order valence-corrected chi connectivity index (χ4v) is 2.84. The summed E-state index contributed by atoms with van der Waals surface area (Å²) in [7, 11) is 0. The Morgan fingerprint density at radius 2 is 2.08 bits per heavy atom. The molecule has 0 radical (unpaired) electrons. The van der Waals surface area contributed by atoms with E-state index in [1.165, 1.54) is 0 Å². The molecular formula is C18H30N4O2. The predicted molar refractivity (Wildman–Crippen MR) is 98.3 cm³/mol. The molecule has 0 amide bonds. The van der Waals surface area contributed by atoms with Gasteiger partial charge in [0.15, 0.2) is 0 Å². The van der Waals surface area contributed by atoms with Crippen molar-refractivity contribution in [2.75, 3.05) is 50.0 Å². The molecule has 6 nitrogen and oxygen atoms in total. The summed E-state index contributed by atoms with van der Waals surface area (Å²) in [5.41, 5.74) is 8.21. The van der Waals surface area contributed by atoms with Crippen LogP contribution in [0.3, 0.4) is 0 Å². The fraction of sp³-hybridized carbons (Fsp3) is 0.611. The van der Waals surface area contributed by atoms with Crippen LogP contribution in [0.4, 0.5) is 11.5 Å². The first-order chi connectivity index (χ1) is 11.7. The van der Waals surface area contributed by atoms with Crippen molar-refractivity contribution in [3.8, 4) is 5.88 Å². The maximum Gasteiger partial charge on any atom is 0.220 e. The minimum atomic E-state index is 0.508. The van der Waals surface area contributed by atoms with E-state index in [2.05, 4.69) is 35.6 Å². The maximum atomic E-state index is 6.02. The van der Waals surface area contributed by atoms with E-state index >= 15 is 0 Å². The van der Waals surface area contributed by atoms with E-state index in [9.17, 15) is 0 Å². The first-order valence-electron chi connectivity index (χ1n) is 8.82. The van der Waals surface area contributed by atoms with Crippen LogP contribution in [-0.2, 0) is 4.74 Å². The number of nitrogens with two attached hydrogens (primary N) is 1. The van der Waals surface area contributed by atoms with Crippen molar-refractivity contribution < 1.29 is 9.47 Å². The Balaban J connectivity index is 2.06. The van der Waals surface area contributed by atoms with Crippen molar-refractivity contribution >= 4 is 11.5 Å². The van der Waals surface area contributed by atoms with Crippen LogP contribution in [0, 0.1) is 6.92 Å². The van der Waals surface area contributed by atoms with E-state index in [1.54, 1.807) is 6.26 Å². The number of pyridine rings is 1. The monoisotopic (exact) mass is 334 g/mol. The Bertz CT molecular complexity index is 542. The summed E-state index contributed by atoms with van der Waals surface area (Å²) in [5.74, 6) is 1.15. The quantitative estimate of drug-likeness (QED) is 0.749. The summed E-state index contributed by atoms with van der Waals surface area (Å²) in [6, 6.07) is 1.96. The topological polar surface area (TPSA) is 63.8 Å². The third kappa shape index (κ3) is 4.94. The zero-order chi connectivity index (χ0) is 17.4. The highest BCUT2D eigenvalue weighted by Crippen LogP contribution is 2.29. The largest absolute Gasteiger partial charge is 0.498 e. The molecule has 0 atom stereocenters. The highest BCUT2D eigenvalue weighted by atomic mass is 16.5. The van der Waals surface area contributed by atoms with Crippen LogP contribution >= 0.6 is 0 Å². The summed E-state index contributed by atoms with van der Waals surface area (Å²) >= 11 is 0. The summed E-state index contributed by atoms with van der Waals surface area (Å²) in [6.07, 6.45) is 5.86. The molecule has 2 heterocycles. The van der Waals surface area contributed by atoms with Gasteiger partial charge in [-0.3, -0.25) is 0 Å². The number of anilines is 2. The SMILES string of the molecule is CCCN(CCC)c1cc(N)nc(OCCN2C=COCC2)c1C. The van der Waals surface area contributed by atoms with Crippen LogP contribution in [0.15, 0.2) is 18.5 Å². The van der Waals surface area contributed by atoms with E-state index in [0.717, 1.165) is 56.9 Å². The second-order valence-electron chi connectivity index (χ2n) is 6.02. The molecule has 1 aromatic heterocycles. The van der Waals surface area contributed by atoms with Crippen LogP contribution in [0.5, 0.6) is 5.88 Å². The van der Waals surface area contributed by atoms with Gasteiger partial charge in [0.1, 0.15) is 19.0 Å². The highest BCUT2D eigenvalue weighted by Gasteiger charge is 2.15. The zero-order valence-electron chi connectivity index (χ0n) is 15.1. The van der Waals surface area contributed by atoms with Gasteiger partial charge in [-0.15, -0.1) is 0 Å². The smallest absolute Gasteiger partial charge is 0.220 e. The Morgan fingerprint density at radius 3 is 2.71 bits per heavy atom. The van der Waals surface area contributed by atoms with Gasteiger partial charge in [-0.1, -0.05) is 13.8 Å². The molecule has 0 spiro atoms. The third-order valence-corrected chi connectivity index (χ3v) is 4.03. The van der Waals surface area contributed by atoms with Gasteiger partial charge >= 0.3 is 0 Å². The second-order valence-corrected chi connectivity index (χ2v) is 6.02. The molecule has 1 aliphatic rings. The van der Waals surface area contributed by atoms with E-state index in [0.29, 0.717) is 18.3 Å². The third-order valence-electron chi connectivity index (χ3n) is 4.03. The Kier molecular flexibility index (Phi) is 7.03. The van der Waals surface area contributed by atoms with Crippen LogP contribution < -0.4 is 15.4 Å². The average molecular weight is 334 g/mol. The van der Waals surface area contributed by atoms with Crippen molar-refractivity contribution in [1.82, 2.24) is 9.88 Å². The van der Waals surface area contributed by atoms with E-state index in [1.807, 2.05) is 12.3 Å². The standard InChI is InChI=1S/C18H30N4O2/c1-4-6-22(7-5-2)16-14-17(19)20-18(15(16)3)24-13-10-21-8-11-23-12-9-21/h8,11,14H,4-7,9-10,12-13H2,1-3H3,(H2,19,20). The molecule has 24 heavy (non-hydrogen) atoms. The molecule has 2 N–H and O–H groups in total. The van der Waals surface area contributed by atoms with Gasteiger partial charge in [-0.2, -0.15) is 4.98 Å². The van der Waals surface area contributed by atoms with Crippen molar-refractivity contribution in [1.29, 1.82) is 0 Å². The van der Waals surface area contributed by atoms with E-state index in [-0.39, 0.29) is 0 Å². The second kappa shape index (κ2) is 9.25. The van der Waals surface area contributed by atoms with Crippen molar-refractivity contribution in [3.63, 3.8) is 0 Å². The van der Waals surface area contributed by atoms with Gasteiger partial charge in [0.2, 0.25) is 5.88 Å². The molecule has 2 rings (SSSR count). The van der Waals surface area contributed by atoms with E-state index < -0.39 is 0 Å². The lowest BCUT2D eigenvalue weighted by molar-refractivity contribution is 0.157. The van der Waals surface area contributed by atoms with Gasteiger partial charge < -0.3 is 25.0 Å². The number of rotatable bonds is 9. The summed E-state index contributed by atoms with van der Waals surface area (Å²) in [6.45, 7) is 11.4. The lowest BCUT2D eigenvalue weighted by Crippen LogP contribution is -2.29. The summed E-state index contributed by atoms with van der Waals surface area (Å²) in [5, 5.41) is 0. The predicted octanol–water partition coefficient (Wildman–Crippen LogP) is 2.78. The minimum Gasteiger partial charge on any atom is -0.498 e. The summed E-state index contributed by atoms with van der Waals surface area (Å²) in [4.78, 5) is 8.93. The molecule has 0 unspecified atom stereocenters. The minimum absolute atomic E-state index is 0.508. The van der Waals surface area contributed by atoms with Gasteiger partial charge in [-0.05, 0) is 19.8 Å². The molecular weight excluding hydrogens is 304 g/mol. The van der Waals surface area contributed by atoms with Crippen LogP contribution in [-0.4, -0.2) is 49.3 Å². The van der Waals surface area contributed by atoms with Crippen LogP contribution in [0.25, 0.3) is 0 Å². The van der Waals surface area contributed by atoms with Gasteiger partial charge in [0, 0.05) is 36.6 Å². The summed E-state index contributed by atoms with van der Waals surface area (Å²) < 4.78 is 11.1. The Morgan fingerprint density at radius 1 is 1.33 bits per heavy atom. The number of nitrogen functional groups attached to an aromatic ring is 1. The molecule has 0 saturated heterocycles. The average Bonchev–Trinajstić information content (AvgIpc) is 2.58. The zero-order valence-corrected chi connectivity index (χ0v) is 15.1. The number of hydrogen-bond acceptors (Lipinski definition) is 6. The molecule has 0 aliphatic carbocycles. The molecule has 0 saturated carbocycles. The van der Waals surface area contributed by atoms with Crippen LogP contribution in [0.1, 0.15) is 32.3 Å². The van der Waals surface area contributed by atoms with E-state index in [4.69, 9.17) is 15.2 Å².